The fourth-order valence-corrected chi connectivity index (χ4v) is 2.06. The zero-order valence-electron chi connectivity index (χ0n) is 13.3. The van der Waals surface area contributed by atoms with Crippen LogP contribution in [0.2, 0.25) is 0 Å². The standard InChI is InChI=1S/C18H19NO5/c1-23-15-7-5-13(6-8-15)9-10-19-17(20)12-24-16-4-2-3-14(11-16)18(21)22/h2-8,11H,9-10,12H2,1H3,(H,19,20)(H,21,22). The maximum atomic E-state index is 11.8. The summed E-state index contributed by atoms with van der Waals surface area (Å²) < 4.78 is 10.4. The van der Waals surface area contributed by atoms with Gasteiger partial charge in [0, 0.05) is 6.54 Å². The van der Waals surface area contributed by atoms with Crippen molar-refractivity contribution in [2.75, 3.05) is 20.3 Å². The molecule has 0 aliphatic heterocycles. The Bertz CT molecular complexity index is 697. The summed E-state index contributed by atoms with van der Waals surface area (Å²) in [5.74, 6) is -0.159. The first kappa shape index (κ1) is 17.3. The number of carbonyl (C=O) groups is 2. The maximum Gasteiger partial charge on any atom is 0.335 e. The van der Waals surface area contributed by atoms with Gasteiger partial charge in [0.1, 0.15) is 11.5 Å². The van der Waals surface area contributed by atoms with Gasteiger partial charge in [0.2, 0.25) is 0 Å². The van der Waals surface area contributed by atoms with Gasteiger partial charge in [-0.25, -0.2) is 4.79 Å². The number of carboxylic acid groups (broad SMARTS) is 1. The van der Waals surface area contributed by atoms with Gasteiger partial charge in [-0.15, -0.1) is 0 Å². The Morgan fingerprint density at radius 3 is 2.50 bits per heavy atom. The van der Waals surface area contributed by atoms with Crippen LogP contribution >= 0.6 is 0 Å². The van der Waals surface area contributed by atoms with Gasteiger partial charge >= 0.3 is 5.97 Å². The number of carbonyl (C=O) groups excluding carboxylic acids is 1. The van der Waals surface area contributed by atoms with Crippen LogP contribution in [0.3, 0.4) is 0 Å². The number of hydrogen-bond donors (Lipinski definition) is 2. The highest BCUT2D eigenvalue weighted by Crippen LogP contribution is 2.13. The largest absolute Gasteiger partial charge is 0.497 e. The minimum absolute atomic E-state index is 0.118. The van der Waals surface area contributed by atoms with Gasteiger partial charge in [0.25, 0.3) is 5.91 Å². The SMILES string of the molecule is COc1ccc(CCNC(=O)COc2cccc(C(=O)O)c2)cc1. The molecule has 0 aromatic heterocycles. The Morgan fingerprint density at radius 1 is 1.08 bits per heavy atom. The van der Waals surface area contributed by atoms with Crippen molar-refractivity contribution in [2.24, 2.45) is 0 Å². The van der Waals surface area contributed by atoms with Crippen LogP contribution in [-0.4, -0.2) is 37.2 Å². The molecule has 6 nitrogen and oxygen atoms in total. The molecule has 0 unspecified atom stereocenters. The summed E-state index contributed by atoms with van der Waals surface area (Å²) in [6.45, 7) is 0.329. The van der Waals surface area contributed by atoms with E-state index in [1.54, 1.807) is 19.2 Å². The average molecular weight is 329 g/mol. The molecule has 0 heterocycles. The van der Waals surface area contributed by atoms with E-state index in [2.05, 4.69) is 5.32 Å². The van der Waals surface area contributed by atoms with Crippen molar-refractivity contribution in [3.05, 3.63) is 59.7 Å². The molecule has 2 aromatic carbocycles. The topological polar surface area (TPSA) is 84.9 Å². The maximum absolute atomic E-state index is 11.8. The van der Waals surface area contributed by atoms with Crippen LogP contribution in [0.15, 0.2) is 48.5 Å². The summed E-state index contributed by atoms with van der Waals surface area (Å²) in [7, 11) is 1.61. The minimum Gasteiger partial charge on any atom is -0.497 e. The molecule has 0 spiro atoms. The highest BCUT2D eigenvalue weighted by molar-refractivity contribution is 5.88. The minimum atomic E-state index is -1.04. The molecule has 0 atom stereocenters. The number of amides is 1. The van der Waals surface area contributed by atoms with E-state index in [9.17, 15) is 9.59 Å². The van der Waals surface area contributed by atoms with E-state index >= 15 is 0 Å². The number of nitrogens with one attached hydrogen (secondary N) is 1. The zero-order chi connectivity index (χ0) is 17.4. The van der Waals surface area contributed by atoms with Crippen LogP contribution in [0.25, 0.3) is 0 Å². The summed E-state index contributed by atoms with van der Waals surface area (Å²) in [6, 6.07) is 13.7. The lowest BCUT2D eigenvalue weighted by Crippen LogP contribution is -2.30. The highest BCUT2D eigenvalue weighted by atomic mass is 16.5. The summed E-state index contributed by atoms with van der Waals surface area (Å²) >= 11 is 0. The van der Waals surface area contributed by atoms with Crippen LogP contribution in [0.4, 0.5) is 0 Å². The molecule has 6 heteroatoms. The lowest BCUT2D eigenvalue weighted by molar-refractivity contribution is -0.123. The first-order valence-corrected chi connectivity index (χ1v) is 7.44. The Balaban J connectivity index is 1.73. The first-order valence-electron chi connectivity index (χ1n) is 7.44. The van der Waals surface area contributed by atoms with Crippen molar-refractivity contribution in [1.82, 2.24) is 5.32 Å². The molecule has 0 fully saturated rings. The molecule has 24 heavy (non-hydrogen) atoms. The predicted molar refractivity (Wildman–Crippen MR) is 88.6 cm³/mol. The molecule has 2 aromatic rings. The summed E-state index contributed by atoms with van der Waals surface area (Å²) in [6.07, 6.45) is 0.699. The molecule has 0 saturated heterocycles. The van der Waals surface area contributed by atoms with Crippen molar-refractivity contribution in [3.8, 4) is 11.5 Å². The Kier molecular flexibility index (Phi) is 6.19. The van der Waals surface area contributed by atoms with Crippen molar-refractivity contribution in [1.29, 1.82) is 0 Å². The third-order valence-electron chi connectivity index (χ3n) is 3.35. The van der Waals surface area contributed by atoms with Gasteiger partial charge in [-0.1, -0.05) is 18.2 Å². The lowest BCUT2D eigenvalue weighted by Gasteiger charge is -2.08. The van der Waals surface area contributed by atoms with Crippen molar-refractivity contribution in [3.63, 3.8) is 0 Å². The molecule has 126 valence electrons. The van der Waals surface area contributed by atoms with E-state index in [1.165, 1.54) is 12.1 Å². The Morgan fingerprint density at radius 2 is 1.83 bits per heavy atom. The van der Waals surface area contributed by atoms with Crippen LogP contribution in [0, 0.1) is 0 Å². The number of rotatable bonds is 8. The van der Waals surface area contributed by atoms with Crippen molar-refractivity contribution < 1.29 is 24.2 Å². The van der Waals surface area contributed by atoms with E-state index in [0.717, 1.165) is 11.3 Å². The molecule has 0 saturated carbocycles. The molecule has 1 amide bonds. The molecule has 0 radical (unpaired) electrons. The fourth-order valence-electron chi connectivity index (χ4n) is 2.06. The van der Waals surface area contributed by atoms with Crippen molar-refractivity contribution in [2.45, 2.75) is 6.42 Å². The van der Waals surface area contributed by atoms with Crippen LogP contribution < -0.4 is 14.8 Å². The van der Waals surface area contributed by atoms with E-state index in [-0.39, 0.29) is 18.1 Å². The summed E-state index contributed by atoms with van der Waals surface area (Å²) in [4.78, 5) is 22.6. The molecule has 0 aliphatic rings. The number of carboxylic acids is 1. The average Bonchev–Trinajstić information content (AvgIpc) is 2.61. The van der Waals surface area contributed by atoms with E-state index in [4.69, 9.17) is 14.6 Å². The molecule has 0 bridgehead atoms. The van der Waals surface area contributed by atoms with E-state index < -0.39 is 5.97 Å². The second-order valence-electron chi connectivity index (χ2n) is 5.07. The van der Waals surface area contributed by atoms with Crippen LogP contribution in [0.1, 0.15) is 15.9 Å². The van der Waals surface area contributed by atoms with Gasteiger partial charge in [-0.3, -0.25) is 4.79 Å². The van der Waals surface area contributed by atoms with Gasteiger partial charge in [0.15, 0.2) is 6.61 Å². The van der Waals surface area contributed by atoms with E-state index in [0.29, 0.717) is 18.7 Å². The molecular weight excluding hydrogens is 310 g/mol. The number of aromatic carboxylic acids is 1. The third-order valence-corrected chi connectivity index (χ3v) is 3.35. The number of methoxy groups -OCH3 is 1. The number of benzene rings is 2. The quantitative estimate of drug-likeness (QED) is 0.775. The summed E-state index contributed by atoms with van der Waals surface area (Å²) in [5.41, 5.74) is 1.21. The van der Waals surface area contributed by atoms with Gasteiger partial charge in [-0.05, 0) is 42.3 Å². The Hall–Kier alpha value is -3.02. The number of ether oxygens (including phenoxy) is 2. The third kappa shape index (κ3) is 5.31. The van der Waals surface area contributed by atoms with Gasteiger partial charge in [0.05, 0.1) is 12.7 Å². The Labute approximate surface area is 140 Å². The second kappa shape index (κ2) is 8.57. The molecule has 0 aliphatic carbocycles. The zero-order valence-corrected chi connectivity index (χ0v) is 13.3. The van der Waals surface area contributed by atoms with Crippen LogP contribution in [-0.2, 0) is 11.2 Å². The molecule has 2 rings (SSSR count). The van der Waals surface area contributed by atoms with Gasteiger partial charge in [-0.2, -0.15) is 0 Å². The van der Waals surface area contributed by atoms with Crippen molar-refractivity contribution >= 4 is 11.9 Å². The fraction of sp³-hybridized carbons (Fsp3) is 0.222. The van der Waals surface area contributed by atoms with Gasteiger partial charge < -0.3 is 19.9 Å². The van der Waals surface area contributed by atoms with E-state index in [1.807, 2.05) is 24.3 Å². The highest BCUT2D eigenvalue weighted by Gasteiger charge is 2.06. The summed E-state index contributed by atoms with van der Waals surface area (Å²) in [5, 5.41) is 11.7. The second-order valence-corrected chi connectivity index (χ2v) is 5.07. The predicted octanol–water partition coefficient (Wildman–Crippen LogP) is 2.13. The normalized spacial score (nSPS) is 10.0. The monoisotopic (exact) mass is 329 g/mol. The lowest BCUT2D eigenvalue weighted by atomic mass is 10.1. The molecule has 2 N–H and O–H groups in total. The molecular formula is C18H19NO5. The first-order chi connectivity index (χ1) is 11.6. The number of hydrogen-bond acceptors (Lipinski definition) is 4. The van der Waals surface area contributed by atoms with Crippen LogP contribution in [0.5, 0.6) is 11.5 Å². The smallest absolute Gasteiger partial charge is 0.335 e.